The lowest BCUT2D eigenvalue weighted by Crippen LogP contribution is -2.60. The molecule has 0 spiro atoms. The van der Waals surface area contributed by atoms with Gasteiger partial charge in [-0.05, 0) is 39.2 Å². The first-order valence-corrected chi connectivity index (χ1v) is 6.12. The van der Waals surface area contributed by atoms with Crippen LogP contribution in [0.2, 0.25) is 0 Å². The Balaban J connectivity index is 2.01. The molecule has 1 N–H and O–H groups in total. The molecular formula is C12H23NO2. The number of likely N-dealkylation sites (N-methyl/N-ethyl adjacent to an activating group) is 1. The lowest BCUT2D eigenvalue weighted by atomic mass is 9.69. The Morgan fingerprint density at radius 1 is 1.40 bits per heavy atom. The molecule has 88 valence electrons. The molecule has 2 fully saturated rings. The molecule has 3 nitrogen and oxygen atoms in total. The zero-order valence-electron chi connectivity index (χ0n) is 9.92. The SMILES string of the molecule is CNC(C1CCCOC1)C1(OC)CCC1. The molecule has 0 bridgehead atoms. The van der Waals surface area contributed by atoms with Crippen molar-refractivity contribution in [2.75, 3.05) is 27.4 Å². The fourth-order valence-electron chi connectivity index (χ4n) is 3.12. The van der Waals surface area contributed by atoms with E-state index in [1.807, 2.05) is 7.11 Å². The average molecular weight is 213 g/mol. The lowest BCUT2D eigenvalue weighted by Gasteiger charge is -2.49. The van der Waals surface area contributed by atoms with E-state index in [1.54, 1.807) is 0 Å². The predicted molar refractivity (Wildman–Crippen MR) is 60.0 cm³/mol. The van der Waals surface area contributed by atoms with Crippen LogP contribution in [0.5, 0.6) is 0 Å². The van der Waals surface area contributed by atoms with Gasteiger partial charge in [-0.2, -0.15) is 0 Å². The summed E-state index contributed by atoms with van der Waals surface area (Å²) < 4.78 is 11.3. The summed E-state index contributed by atoms with van der Waals surface area (Å²) in [4.78, 5) is 0. The standard InChI is InChI=1S/C12H23NO2/c1-13-11(10-5-3-8-15-9-10)12(14-2)6-4-7-12/h10-11,13H,3-9H2,1-2H3. The molecule has 0 aromatic heterocycles. The fraction of sp³-hybridized carbons (Fsp3) is 1.00. The van der Waals surface area contributed by atoms with Crippen LogP contribution in [0, 0.1) is 5.92 Å². The minimum Gasteiger partial charge on any atom is -0.381 e. The fourth-order valence-corrected chi connectivity index (χ4v) is 3.12. The summed E-state index contributed by atoms with van der Waals surface area (Å²) in [5.41, 5.74) is 0.0973. The number of hydrogen-bond acceptors (Lipinski definition) is 3. The molecular weight excluding hydrogens is 190 g/mol. The highest BCUT2D eigenvalue weighted by Crippen LogP contribution is 2.41. The zero-order chi connectivity index (χ0) is 10.7. The Kier molecular flexibility index (Phi) is 3.65. The van der Waals surface area contributed by atoms with Crippen LogP contribution in [0.3, 0.4) is 0 Å². The minimum absolute atomic E-state index is 0.0973. The van der Waals surface area contributed by atoms with Gasteiger partial charge >= 0.3 is 0 Å². The largest absolute Gasteiger partial charge is 0.381 e. The van der Waals surface area contributed by atoms with Crippen molar-refractivity contribution in [1.82, 2.24) is 5.32 Å². The number of ether oxygens (including phenoxy) is 2. The van der Waals surface area contributed by atoms with Crippen molar-refractivity contribution in [2.24, 2.45) is 5.92 Å². The third kappa shape index (κ3) is 2.05. The van der Waals surface area contributed by atoms with Crippen molar-refractivity contribution >= 4 is 0 Å². The summed E-state index contributed by atoms with van der Waals surface area (Å²) >= 11 is 0. The van der Waals surface area contributed by atoms with E-state index >= 15 is 0 Å². The molecule has 1 saturated heterocycles. The quantitative estimate of drug-likeness (QED) is 0.769. The number of nitrogens with one attached hydrogen (secondary N) is 1. The average Bonchev–Trinajstić information content (AvgIpc) is 2.24. The molecule has 2 unspecified atom stereocenters. The molecule has 0 aromatic rings. The van der Waals surface area contributed by atoms with Gasteiger partial charge in [-0.25, -0.2) is 0 Å². The molecule has 0 amide bonds. The van der Waals surface area contributed by atoms with Crippen LogP contribution < -0.4 is 5.32 Å². The van der Waals surface area contributed by atoms with Gasteiger partial charge in [0, 0.05) is 25.7 Å². The molecule has 1 saturated carbocycles. The molecule has 1 aliphatic heterocycles. The number of hydrogen-bond donors (Lipinski definition) is 1. The minimum atomic E-state index is 0.0973. The van der Waals surface area contributed by atoms with Crippen LogP contribution in [0.1, 0.15) is 32.1 Å². The Bertz CT molecular complexity index is 192. The van der Waals surface area contributed by atoms with E-state index in [-0.39, 0.29) is 5.60 Å². The van der Waals surface area contributed by atoms with Gasteiger partial charge in [0.05, 0.1) is 12.2 Å². The Labute approximate surface area is 92.5 Å². The highest BCUT2D eigenvalue weighted by atomic mass is 16.5. The van der Waals surface area contributed by atoms with Gasteiger partial charge in [-0.3, -0.25) is 0 Å². The normalized spacial score (nSPS) is 32.0. The monoisotopic (exact) mass is 213 g/mol. The zero-order valence-corrected chi connectivity index (χ0v) is 9.92. The van der Waals surface area contributed by atoms with Crippen LogP contribution in [0.25, 0.3) is 0 Å². The summed E-state index contributed by atoms with van der Waals surface area (Å²) in [5.74, 6) is 0.629. The molecule has 2 atom stereocenters. The molecule has 0 aromatic carbocycles. The van der Waals surface area contributed by atoms with Crippen LogP contribution in [-0.2, 0) is 9.47 Å². The second-order valence-corrected chi connectivity index (χ2v) is 4.87. The topological polar surface area (TPSA) is 30.5 Å². The maximum absolute atomic E-state index is 5.76. The van der Waals surface area contributed by atoms with Crippen LogP contribution >= 0.6 is 0 Å². The van der Waals surface area contributed by atoms with Crippen molar-refractivity contribution in [2.45, 2.75) is 43.7 Å². The van der Waals surface area contributed by atoms with Gasteiger partial charge in [0.2, 0.25) is 0 Å². The third-order valence-corrected chi connectivity index (χ3v) is 4.15. The predicted octanol–water partition coefficient (Wildman–Crippen LogP) is 1.57. The molecule has 3 heteroatoms. The van der Waals surface area contributed by atoms with E-state index < -0.39 is 0 Å². The van der Waals surface area contributed by atoms with Crippen LogP contribution in [0.4, 0.5) is 0 Å². The van der Waals surface area contributed by atoms with E-state index in [2.05, 4.69) is 12.4 Å². The Morgan fingerprint density at radius 3 is 2.60 bits per heavy atom. The summed E-state index contributed by atoms with van der Waals surface area (Å²) in [6.45, 7) is 1.84. The van der Waals surface area contributed by atoms with Crippen molar-refractivity contribution in [1.29, 1.82) is 0 Å². The Hall–Kier alpha value is -0.120. The van der Waals surface area contributed by atoms with E-state index in [4.69, 9.17) is 9.47 Å². The molecule has 1 heterocycles. The van der Waals surface area contributed by atoms with Gasteiger partial charge < -0.3 is 14.8 Å². The molecule has 2 aliphatic rings. The van der Waals surface area contributed by atoms with Crippen LogP contribution in [0.15, 0.2) is 0 Å². The first-order valence-electron chi connectivity index (χ1n) is 6.12. The smallest absolute Gasteiger partial charge is 0.0834 e. The summed E-state index contributed by atoms with van der Waals surface area (Å²) in [7, 11) is 3.91. The molecule has 1 aliphatic carbocycles. The van der Waals surface area contributed by atoms with Gasteiger partial charge in [-0.1, -0.05) is 0 Å². The second kappa shape index (κ2) is 4.81. The highest BCUT2D eigenvalue weighted by molar-refractivity contribution is 5.02. The van der Waals surface area contributed by atoms with E-state index in [0.717, 1.165) is 13.2 Å². The summed E-state index contributed by atoms with van der Waals surface area (Å²) in [5, 5.41) is 3.46. The summed E-state index contributed by atoms with van der Waals surface area (Å²) in [6.07, 6.45) is 6.18. The van der Waals surface area contributed by atoms with Crippen LogP contribution in [-0.4, -0.2) is 39.0 Å². The Morgan fingerprint density at radius 2 is 2.20 bits per heavy atom. The van der Waals surface area contributed by atoms with Gasteiger partial charge in [0.1, 0.15) is 0 Å². The molecule has 15 heavy (non-hydrogen) atoms. The van der Waals surface area contributed by atoms with E-state index in [1.165, 1.54) is 32.1 Å². The van der Waals surface area contributed by atoms with Crippen molar-refractivity contribution in [3.05, 3.63) is 0 Å². The molecule has 2 rings (SSSR count). The first kappa shape index (κ1) is 11.4. The van der Waals surface area contributed by atoms with Gasteiger partial charge in [0.25, 0.3) is 0 Å². The van der Waals surface area contributed by atoms with Crippen molar-refractivity contribution in [3.8, 4) is 0 Å². The highest BCUT2D eigenvalue weighted by Gasteiger charge is 2.47. The van der Waals surface area contributed by atoms with E-state index in [0.29, 0.717) is 12.0 Å². The maximum Gasteiger partial charge on any atom is 0.0834 e. The lowest BCUT2D eigenvalue weighted by molar-refractivity contribution is -0.123. The number of methoxy groups -OCH3 is 1. The molecule has 0 radical (unpaired) electrons. The first-order chi connectivity index (χ1) is 7.32. The second-order valence-electron chi connectivity index (χ2n) is 4.87. The van der Waals surface area contributed by atoms with E-state index in [9.17, 15) is 0 Å². The third-order valence-electron chi connectivity index (χ3n) is 4.15. The van der Waals surface area contributed by atoms with Gasteiger partial charge in [-0.15, -0.1) is 0 Å². The van der Waals surface area contributed by atoms with Gasteiger partial charge in [0.15, 0.2) is 0 Å². The summed E-state index contributed by atoms with van der Waals surface area (Å²) in [6, 6.07) is 0.469. The maximum atomic E-state index is 5.76. The number of rotatable bonds is 4. The van der Waals surface area contributed by atoms with Crippen molar-refractivity contribution < 1.29 is 9.47 Å². The van der Waals surface area contributed by atoms with Crippen molar-refractivity contribution in [3.63, 3.8) is 0 Å².